The number of ether oxygens (including phenoxy) is 2. The van der Waals surface area contributed by atoms with Crippen molar-refractivity contribution in [2.24, 2.45) is 0 Å². The standard InChI is InChI=1S/C26H22Cl2N2O3/c1-3-32-25-13-19(8-11-24(25)33-16-18-6-4-17(2)5-7-18)12-20(15-29)26(31)30-21-9-10-22(27)23(28)14-21/h4-14H,3,16H2,1-2H3,(H,30,31)/b20-12+. The van der Waals surface area contributed by atoms with Crippen molar-refractivity contribution in [1.29, 1.82) is 5.26 Å². The van der Waals surface area contributed by atoms with Crippen molar-refractivity contribution in [2.75, 3.05) is 11.9 Å². The third-order valence-corrected chi connectivity index (χ3v) is 5.38. The summed E-state index contributed by atoms with van der Waals surface area (Å²) in [5.74, 6) is 0.544. The van der Waals surface area contributed by atoms with Gasteiger partial charge in [-0.25, -0.2) is 0 Å². The van der Waals surface area contributed by atoms with Gasteiger partial charge >= 0.3 is 0 Å². The van der Waals surface area contributed by atoms with Gasteiger partial charge in [0.1, 0.15) is 18.2 Å². The van der Waals surface area contributed by atoms with Crippen LogP contribution in [0.2, 0.25) is 10.0 Å². The number of halogens is 2. The highest BCUT2D eigenvalue weighted by atomic mass is 35.5. The number of rotatable bonds is 8. The van der Waals surface area contributed by atoms with Crippen LogP contribution in [0.3, 0.4) is 0 Å². The second-order valence-corrected chi connectivity index (χ2v) is 7.98. The Morgan fingerprint density at radius 3 is 2.42 bits per heavy atom. The smallest absolute Gasteiger partial charge is 0.266 e. The number of nitrogens with zero attached hydrogens (tertiary/aromatic N) is 1. The predicted octanol–water partition coefficient (Wildman–Crippen LogP) is 6.83. The Balaban J connectivity index is 1.77. The van der Waals surface area contributed by atoms with E-state index in [9.17, 15) is 10.1 Å². The van der Waals surface area contributed by atoms with E-state index < -0.39 is 5.91 Å². The summed E-state index contributed by atoms with van der Waals surface area (Å²) in [6, 6.07) is 20.0. The summed E-state index contributed by atoms with van der Waals surface area (Å²) in [5, 5.41) is 12.8. The summed E-state index contributed by atoms with van der Waals surface area (Å²) in [4.78, 5) is 12.6. The zero-order chi connectivity index (χ0) is 23.8. The summed E-state index contributed by atoms with van der Waals surface area (Å²) in [6.07, 6.45) is 1.49. The summed E-state index contributed by atoms with van der Waals surface area (Å²) >= 11 is 11.9. The van der Waals surface area contributed by atoms with Gasteiger partial charge < -0.3 is 14.8 Å². The maximum atomic E-state index is 12.6. The van der Waals surface area contributed by atoms with Gasteiger partial charge in [-0.05, 0) is 61.4 Å². The lowest BCUT2D eigenvalue weighted by Crippen LogP contribution is -2.13. The lowest BCUT2D eigenvalue weighted by atomic mass is 10.1. The molecule has 0 bridgehead atoms. The van der Waals surface area contributed by atoms with Crippen LogP contribution in [-0.4, -0.2) is 12.5 Å². The maximum absolute atomic E-state index is 12.6. The number of carbonyl (C=O) groups is 1. The Kier molecular flexibility index (Phi) is 8.37. The zero-order valence-electron chi connectivity index (χ0n) is 18.2. The minimum Gasteiger partial charge on any atom is -0.490 e. The SMILES string of the molecule is CCOc1cc(/C=C(\C#N)C(=O)Nc2ccc(Cl)c(Cl)c2)ccc1OCc1ccc(C)cc1. The van der Waals surface area contributed by atoms with E-state index in [4.69, 9.17) is 32.7 Å². The highest BCUT2D eigenvalue weighted by molar-refractivity contribution is 6.42. The fraction of sp³-hybridized carbons (Fsp3) is 0.154. The van der Waals surface area contributed by atoms with Crippen LogP contribution >= 0.6 is 23.2 Å². The molecule has 0 aromatic heterocycles. The fourth-order valence-electron chi connectivity index (χ4n) is 2.93. The summed E-state index contributed by atoms with van der Waals surface area (Å²) in [7, 11) is 0. The molecule has 5 nitrogen and oxygen atoms in total. The van der Waals surface area contributed by atoms with Crippen molar-refractivity contribution in [3.05, 3.63) is 93.0 Å². The molecule has 3 aromatic rings. The lowest BCUT2D eigenvalue weighted by molar-refractivity contribution is -0.112. The molecule has 0 atom stereocenters. The molecule has 168 valence electrons. The van der Waals surface area contributed by atoms with Crippen LogP contribution in [0.1, 0.15) is 23.6 Å². The first kappa shape index (κ1) is 24.2. The van der Waals surface area contributed by atoms with Crippen LogP contribution in [0.25, 0.3) is 6.08 Å². The first-order valence-corrected chi connectivity index (χ1v) is 11.0. The molecule has 0 saturated heterocycles. The summed E-state index contributed by atoms with van der Waals surface area (Å²) < 4.78 is 11.7. The van der Waals surface area contributed by atoms with Gasteiger partial charge in [-0.2, -0.15) is 5.26 Å². The van der Waals surface area contributed by atoms with Crippen LogP contribution in [0.5, 0.6) is 11.5 Å². The topological polar surface area (TPSA) is 71.3 Å². The first-order valence-electron chi connectivity index (χ1n) is 10.2. The van der Waals surface area contributed by atoms with E-state index in [1.54, 1.807) is 30.3 Å². The second kappa shape index (κ2) is 11.4. The van der Waals surface area contributed by atoms with Gasteiger partial charge in [0.15, 0.2) is 11.5 Å². The van der Waals surface area contributed by atoms with Crippen LogP contribution in [-0.2, 0) is 11.4 Å². The van der Waals surface area contributed by atoms with Gasteiger partial charge in [0.05, 0.1) is 16.7 Å². The zero-order valence-corrected chi connectivity index (χ0v) is 19.7. The number of nitriles is 1. The predicted molar refractivity (Wildman–Crippen MR) is 132 cm³/mol. The number of amides is 1. The quantitative estimate of drug-likeness (QED) is 0.283. The Hall–Kier alpha value is -3.46. The highest BCUT2D eigenvalue weighted by Crippen LogP contribution is 2.30. The molecule has 1 N–H and O–H groups in total. The molecule has 0 heterocycles. The summed E-state index contributed by atoms with van der Waals surface area (Å²) in [6.45, 7) is 4.74. The van der Waals surface area contributed by atoms with Gasteiger partial charge in [0.2, 0.25) is 0 Å². The number of hydrogen-bond donors (Lipinski definition) is 1. The van der Waals surface area contributed by atoms with Crippen LogP contribution in [0, 0.1) is 18.3 Å². The molecule has 0 fully saturated rings. The number of carbonyl (C=O) groups excluding carboxylic acids is 1. The monoisotopic (exact) mass is 480 g/mol. The molecule has 0 saturated carbocycles. The fourth-order valence-corrected chi connectivity index (χ4v) is 3.23. The first-order chi connectivity index (χ1) is 15.9. The third-order valence-electron chi connectivity index (χ3n) is 4.64. The van der Waals surface area contributed by atoms with E-state index in [0.717, 1.165) is 5.56 Å². The van der Waals surface area contributed by atoms with E-state index in [-0.39, 0.29) is 5.57 Å². The molecule has 7 heteroatoms. The second-order valence-electron chi connectivity index (χ2n) is 7.17. The molecular weight excluding hydrogens is 459 g/mol. The van der Waals surface area contributed by atoms with Gasteiger partial charge in [-0.3, -0.25) is 4.79 Å². The maximum Gasteiger partial charge on any atom is 0.266 e. The molecule has 3 aromatic carbocycles. The Morgan fingerprint density at radius 1 is 1.00 bits per heavy atom. The minimum absolute atomic E-state index is 0.0724. The van der Waals surface area contributed by atoms with E-state index >= 15 is 0 Å². The molecule has 0 aliphatic rings. The van der Waals surface area contributed by atoms with Crippen LogP contribution in [0.4, 0.5) is 5.69 Å². The molecule has 0 radical (unpaired) electrons. The lowest BCUT2D eigenvalue weighted by Gasteiger charge is -2.13. The molecule has 1 amide bonds. The van der Waals surface area contributed by atoms with Gasteiger partial charge in [-0.1, -0.05) is 59.1 Å². The van der Waals surface area contributed by atoms with Crippen molar-refractivity contribution in [3.63, 3.8) is 0 Å². The van der Waals surface area contributed by atoms with Crippen molar-refractivity contribution in [3.8, 4) is 17.6 Å². The molecule has 0 aliphatic carbocycles. The Labute approximate surface area is 203 Å². The van der Waals surface area contributed by atoms with Gasteiger partial charge in [-0.15, -0.1) is 0 Å². The largest absolute Gasteiger partial charge is 0.490 e. The minimum atomic E-state index is -0.562. The molecule has 0 spiro atoms. The Morgan fingerprint density at radius 2 is 1.76 bits per heavy atom. The molecular formula is C26H22Cl2N2O3. The number of hydrogen-bond acceptors (Lipinski definition) is 4. The number of nitrogens with one attached hydrogen (secondary N) is 1. The van der Waals surface area contributed by atoms with Crippen LogP contribution < -0.4 is 14.8 Å². The summed E-state index contributed by atoms with van der Waals surface area (Å²) in [5.41, 5.74) is 3.21. The number of anilines is 1. The van der Waals surface area contributed by atoms with E-state index in [0.29, 0.717) is 46.0 Å². The van der Waals surface area contributed by atoms with Crippen molar-refractivity contribution < 1.29 is 14.3 Å². The third kappa shape index (κ3) is 6.76. The van der Waals surface area contributed by atoms with E-state index in [2.05, 4.69) is 5.32 Å². The molecule has 0 aliphatic heterocycles. The average molecular weight is 481 g/mol. The molecule has 3 rings (SSSR count). The highest BCUT2D eigenvalue weighted by Gasteiger charge is 2.12. The van der Waals surface area contributed by atoms with E-state index in [1.165, 1.54) is 17.7 Å². The van der Waals surface area contributed by atoms with Gasteiger partial charge in [0.25, 0.3) is 5.91 Å². The van der Waals surface area contributed by atoms with E-state index in [1.807, 2.05) is 44.2 Å². The Bertz CT molecular complexity index is 1220. The number of benzene rings is 3. The van der Waals surface area contributed by atoms with Crippen molar-refractivity contribution in [1.82, 2.24) is 0 Å². The van der Waals surface area contributed by atoms with Crippen LogP contribution in [0.15, 0.2) is 66.2 Å². The molecule has 33 heavy (non-hydrogen) atoms. The number of aryl methyl sites for hydroxylation is 1. The van der Waals surface area contributed by atoms with Crippen molar-refractivity contribution >= 4 is 40.9 Å². The van der Waals surface area contributed by atoms with Gasteiger partial charge in [0, 0.05) is 5.69 Å². The normalized spacial score (nSPS) is 10.9. The molecule has 0 unspecified atom stereocenters. The van der Waals surface area contributed by atoms with Crippen molar-refractivity contribution in [2.45, 2.75) is 20.5 Å². The average Bonchev–Trinajstić information content (AvgIpc) is 2.80.